The number of aromatic nitrogens is 1. The molecule has 98 valence electrons. The molecule has 0 amide bonds. The van der Waals surface area contributed by atoms with E-state index in [4.69, 9.17) is 22.7 Å². The lowest BCUT2D eigenvalue weighted by atomic mass is 10.2. The van der Waals surface area contributed by atoms with Crippen LogP contribution in [-0.2, 0) is 0 Å². The number of hydrogen-bond acceptors (Lipinski definition) is 3. The monoisotopic (exact) mass is 299 g/mol. The maximum absolute atomic E-state index is 13.5. The smallest absolute Gasteiger partial charge is 0.140 e. The first kappa shape index (κ1) is 13.8. The highest BCUT2D eigenvalue weighted by Gasteiger charge is 2.13. The summed E-state index contributed by atoms with van der Waals surface area (Å²) in [5.74, 6) is -1.55. The van der Waals surface area contributed by atoms with E-state index < -0.39 is 11.6 Å². The van der Waals surface area contributed by atoms with Crippen LogP contribution in [0.5, 0.6) is 0 Å². The molecule has 3 N–H and O–H groups in total. The van der Waals surface area contributed by atoms with Gasteiger partial charge in [0.25, 0.3) is 0 Å². The summed E-state index contributed by atoms with van der Waals surface area (Å²) in [4.78, 5) is 4.19. The second kappa shape index (κ2) is 5.54. The molecule has 0 radical (unpaired) electrons. The number of pyridine rings is 1. The van der Waals surface area contributed by atoms with Crippen LogP contribution in [-0.4, -0.2) is 10.8 Å². The number of amidine groups is 1. The van der Waals surface area contributed by atoms with Crippen molar-refractivity contribution < 1.29 is 8.78 Å². The summed E-state index contributed by atoms with van der Waals surface area (Å²) < 4.78 is 26.3. The van der Waals surface area contributed by atoms with Crippen molar-refractivity contribution in [2.75, 3.05) is 0 Å². The van der Waals surface area contributed by atoms with Gasteiger partial charge in [0.1, 0.15) is 22.5 Å². The number of hydrogen-bond donors (Lipinski definition) is 2. The zero-order valence-electron chi connectivity index (χ0n) is 9.45. The third-order valence-corrected chi connectivity index (χ3v) is 3.80. The molecule has 0 atom stereocenters. The average Bonchev–Trinajstić information content (AvgIpc) is 2.34. The van der Waals surface area contributed by atoms with Crippen LogP contribution in [0.3, 0.4) is 0 Å². The van der Waals surface area contributed by atoms with Crippen LogP contribution in [0.2, 0.25) is 5.02 Å². The summed E-state index contributed by atoms with van der Waals surface area (Å²) in [6.07, 6.45) is 1.42. The summed E-state index contributed by atoms with van der Waals surface area (Å²) in [7, 11) is 0. The number of benzene rings is 1. The molecule has 2 rings (SSSR count). The van der Waals surface area contributed by atoms with E-state index >= 15 is 0 Å². The van der Waals surface area contributed by atoms with Crippen LogP contribution in [0.25, 0.3) is 0 Å². The van der Waals surface area contributed by atoms with Crippen molar-refractivity contribution in [3.05, 3.63) is 52.7 Å². The predicted molar refractivity (Wildman–Crippen MR) is 70.7 cm³/mol. The third-order valence-electron chi connectivity index (χ3n) is 2.25. The molecule has 0 aliphatic carbocycles. The molecular weight excluding hydrogens is 292 g/mol. The minimum absolute atomic E-state index is 0.170. The molecule has 19 heavy (non-hydrogen) atoms. The van der Waals surface area contributed by atoms with Gasteiger partial charge >= 0.3 is 0 Å². The number of nitrogens with zero attached hydrogens (tertiary/aromatic N) is 1. The second-order valence-corrected chi connectivity index (χ2v) is 4.98. The van der Waals surface area contributed by atoms with Gasteiger partial charge in [0.05, 0.1) is 5.02 Å². The molecule has 2 aromatic rings. The molecule has 0 aliphatic heterocycles. The molecule has 0 spiro atoms. The highest BCUT2D eigenvalue weighted by molar-refractivity contribution is 7.99. The fourth-order valence-electron chi connectivity index (χ4n) is 1.37. The van der Waals surface area contributed by atoms with Crippen LogP contribution < -0.4 is 5.73 Å². The predicted octanol–water partition coefficient (Wildman–Crippen LogP) is 3.45. The molecular formula is C12H8ClF2N3S. The SMILES string of the molecule is N=C(N)c1ccnc(Sc2ccc(F)cc2F)c1Cl. The normalized spacial score (nSPS) is 10.5. The van der Waals surface area contributed by atoms with Gasteiger partial charge in [0.2, 0.25) is 0 Å². The van der Waals surface area contributed by atoms with Crippen molar-refractivity contribution >= 4 is 29.2 Å². The van der Waals surface area contributed by atoms with Gasteiger partial charge in [-0.05, 0) is 18.2 Å². The van der Waals surface area contributed by atoms with E-state index in [9.17, 15) is 8.78 Å². The van der Waals surface area contributed by atoms with Crippen molar-refractivity contribution in [2.24, 2.45) is 5.73 Å². The zero-order valence-corrected chi connectivity index (χ0v) is 11.0. The standard InChI is InChI=1S/C12H8ClF2N3S/c13-10-7(11(16)17)3-4-18-12(10)19-9-2-1-6(14)5-8(9)15/h1-5H,(H3,16,17). The van der Waals surface area contributed by atoms with Crippen LogP contribution in [0.15, 0.2) is 40.4 Å². The maximum Gasteiger partial charge on any atom is 0.140 e. The van der Waals surface area contributed by atoms with Gasteiger partial charge in [-0.15, -0.1) is 0 Å². The Hall–Kier alpha value is -1.66. The number of nitrogens with one attached hydrogen (secondary N) is 1. The first-order valence-corrected chi connectivity index (χ1v) is 6.30. The van der Waals surface area contributed by atoms with Crippen molar-refractivity contribution in [2.45, 2.75) is 9.92 Å². The maximum atomic E-state index is 13.5. The quantitative estimate of drug-likeness (QED) is 0.674. The molecule has 0 unspecified atom stereocenters. The molecule has 3 nitrogen and oxygen atoms in total. The van der Waals surface area contributed by atoms with Crippen LogP contribution in [0.4, 0.5) is 8.78 Å². The Kier molecular flexibility index (Phi) is 4.01. The van der Waals surface area contributed by atoms with Gasteiger partial charge in [-0.3, -0.25) is 5.41 Å². The summed E-state index contributed by atoms with van der Waals surface area (Å²) in [6.45, 7) is 0. The zero-order chi connectivity index (χ0) is 14.0. The van der Waals surface area contributed by atoms with Gasteiger partial charge in [-0.1, -0.05) is 23.4 Å². The van der Waals surface area contributed by atoms with E-state index in [1.165, 1.54) is 18.3 Å². The van der Waals surface area contributed by atoms with Crippen LogP contribution in [0, 0.1) is 17.0 Å². The first-order chi connectivity index (χ1) is 8.99. The summed E-state index contributed by atoms with van der Waals surface area (Å²) in [6, 6.07) is 4.72. The van der Waals surface area contributed by atoms with E-state index in [0.717, 1.165) is 23.9 Å². The molecule has 0 saturated heterocycles. The third kappa shape index (κ3) is 3.02. The van der Waals surface area contributed by atoms with Crippen molar-refractivity contribution in [1.29, 1.82) is 5.41 Å². The highest BCUT2D eigenvalue weighted by atomic mass is 35.5. The Morgan fingerprint density at radius 3 is 2.68 bits per heavy atom. The van der Waals surface area contributed by atoms with Crippen molar-refractivity contribution in [3.8, 4) is 0 Å². The van der Waals surface area contributed by atoms with E-state index in [1.807, 2.05) is 0 Å². The van der Waals surface area contributed by atoms with Crippen molar-refractivity contribution in [3.63, 3.8) is 0 Å². The second-order valence-electron chi connectivity index (χ2n) is 3.57. The minimum atomic E-state index is -0.698. The first-order valence-electron chi connectivity index (χ1n) is 5.11. The molecule has 1 heterocycles. The van der Waals surface area contributed by atoms with Crippen molar-refractivity contribution in [1.82, 2.24) is 4.98 Å². The summed E-state index contributed by atoms with van der Waals surface area (Å²) >= 11 is 6.98. The number of nitrogens with two attached hydrogens (primary N) is 1. The van der Waals surface area contributed by atoms with Gasteiger partial charge in [0.15, 0.2) is 0 Å². The molecule has 0 aliphatic rings. The number of rotatable bonds is 3. The van der Waals surface area contributed by atoms with Crippen LogP contribution in [0.1, 0.15) is 5.56 Å². The average molecular weight is 300 g/mol. The van der Waals surface area contributed by atoms with E-state index in [0.29, 0.717) is 10.6 Å². The van der Waals surface area contributed by atoms with E-state index in [2.05, 4.69) is 4.98 Å². The molecule has 0 fully saturated rings. The fourth-order valence-corrected chi connectivity index (χ4v) is 2.51. The van der Waals surface area contributed by atoms with Gasteiger partial charge < -0.3 is 5.73 Å². The Morgan fingerprint density at radius 1 is 1.32 bits per heavy atom. The van der Waals surface area contributed by atoms with Gasteiger partial charge in [0, 0.05) is 22.7 Å². The molecule has 0 saturated carbocycles. The lowest BCUT2D eigenvalue weighted by Gasteiger charge is -2.07. The Bertz CT molecular complexity index is 649. The fraction of sp³-hybridized carbons (Fsp3) is 0. The highest BCUT2D eigenvalue weighted by Crippen LogP contribution is 2.34. The molecule has 1 aromatic heterocycles. The Labute approximate surface area is 117 Å². The lowest BCUT2D eigenvalue weighted by molar-refractivity contribution is 0.565. The lowest BCUT2D eigenvalue weighted by Crippen LogP contribution is -2.12. The minimum Gasteiger partial charge on any atom is -0.384 e. The Balaban J connectivity index is 2.38. The summed E-state index contributed by atoms with van der Waals surface area (Å²) in [5, 5.41) is 7.83. The van der Waals surface area contributed by atoms with Crippen LogP contribution >= 0.6 is 23.4 Å². The summed E-state index contributed by atoms with van der Waals surface area (Å²) in [5.41, 5.74) is 5.69. The van der Waals surface area contributed by atoms with Gasteiger partial charge in [-0.25, -0.2) is 13.8 Å². The topological polar surface area (TPSA) is 62.8 Å². The molecule has 1 aromatic carbocycles. The molecule has 7 heteroatoms. The van der Waals surface area contributed by atoms with E-state index in [1.54, 1.807) is 0 Å². The number of nitrogen functional groups attached to an aromatic ring is 1. The van der Waals surface area contributed by atoms with Gasteiger partial charge in [-0.2, -0.15) is 0 Å². The largest absolute Gasteiger partial charge is 0.384 e. The Morgan fingerprint density at radius 2 is 2.05 bits per heavy atom. The number of halogens is 3. The molecule has 0 bridgehead atoms. The van der Waals surface area contributed by atoms with E-state index in [-0.39, 0.29) is 15.8 Å².